The van der Waals surface area contributed by atoms with Crippen molar-refractivity contribution in [3.05, 3.63) is 103 Å². The summed E-state index contributed by atoms with van der Waals surface area (Å²) >= 11 is 2.01. The fourth-order valence-electron chi connectivity index (χ4n) is 5.17. The van der Waals surface area contributed by atoms with E-state index in [0.29, 0.717) is 26.9 Å². The number of fused-ring (bicyclic) bond motifs is 2. The summed E-state index contributed by atoms with van der Waals surface area (Å²) in [6.07, 6.45) is 3.18. The van der Waals surface area contributed by atoms with E-state index in [0.717, 1.165) is 28.0 Å². The Labute approximate surface area is 246 Å². The Hall–Kier alpha value is -4.82. The van der Waals surface area contributed by atoms with Crippen molar-refractivity contribution in [3.63, 3.8) is 0 Å². The Morgan fingerprint density at radius 2 is 1.81 bits per heavy atom. The third-order valence-electron chi connectivity index (χ3n) is 7.09. The van der Waals surface area contributed by atoms with Crippen molar-refractivity contribution in [2.75, 3.05) is 17.3 Å². The van der Waals surface area contributed by atoms with Gasteiger partial charge in [-0.05, 0) is 48.0 Å². The van der Waals surface area contributed by atoms with Crippen LogP contribution in [0.25, 0.3) is 0 Å². The van der Waals surface area contributed by atoms with Gasteiger partial charge in [0.2, 0.25) is 17.7 Å². The molecule has 2 aromatic carbocycles. The van der Waals surface area contributed by atoms with Crippen LogP contribution in [0, 0.1) is 16.0 Å². The van der Waals surface area contributed by atoms with Crippen LogP contribution in [0.15, 0.2) is 82.9 Å². The molecule has 14 heteroatoms. The van der Waals surface area contributed by atoms with Crippen molar-refractivity contribution in [1.82, 2.24) is 9.55 Å². The molecule has 0 spiro atoms. The number of nitro groups is 1. The molecule has 2 aromatic heterocycles. The molecule has 12 nitrogen and oxygen atoms in total. The van der Waals surface area contributed by atoms with Gasteiger partial charge in [0.05, 0.1) is 28.7 Å². The maximum Gasteiger partial charge on any atom is 0.308 e. The average Bonchev–Trinajstić information content (AvgIpc) is 3.44. The van der Waals surface area contributed by atoms with Gasteiger partial charge in [-0.3, -0.25) is 38.8 Å². The number of benzene rings is 2. The van der Waals surface area contributed by atoms with Gasteiger partial charge >= 0.3 is 4.87 Å². The first kappa shape index (κ1) is 27.4. The lowest BCUT2D eigenvalue weighted by molar-refractivity contribution is -0.384. The van der Waals surface area contributed by atoms with Gasteiger partial charge in [-0.2, -0.15) is 0 Å². The van der Waals surface area contributed by atoms with Gasteiger partial charge in [-0.15, -0.1) is 0 Å². The Kier molecular flexibility index (Phi) is 7.08. The number of ether oxygens (including phenoxy) is 1. The summed E-state index contributed by atoms with van der Waals surface area (Å²) in [4.78, 5) is 69.8. The molecule has 1 saturated heterocycles. The summed E-state index contributed by atoms with van der Waals surface area (Å²) in [6, 6.07) is 15.4. The summed E-state index contributed by atoms with van der Waals surface area (Å²) < 4.78 is 6.47. The molecule has 42 heavy (non-hydrogen) atoms. The number of hydrogen-bond acceptors (Lipinski definition) is 10. The van der Waals surface area contributed by atoms with Crippen LogP contribution < -0.4 is 19.8 Å². The van der Waals surface area contributed by atoms with Crippen molar-refractivity contribution < 1.29 is 24.0 Å². The predicted octanol–water partition coefficient (Wildman–Crippen LogP) is 3.66. The molecule has 2 unspecified atom stereocenters. The number of thioether (sulfide) groups is 1. The predicted molar refractivity (Wildman–Crippen MR) is 155 cm³/mol. The minimum Gasteiger partial charge on any atom is -0.497 e. The fourth-order valence-corrected chi connectivity index (χ4v) is 7.94. The van der Waals surface area contributed by atoms with Crippen LogP contribution in [0.3, 0.4) is 0 Å². The zero-order chi connectivity index (χ0) is 29.5. The Morgan fingerprint density at radius 3 is 2.45 bits per heavy atom. The highest BCUT2D eigenvalue weighted by atomic mass is 32.2. The number of nitro benzene ring substituents is 1. The molecule has 0 aliphatic carbocycles. The van der Waals surface area contributed by atoms with E-state index in [1.165, 1.54) is 35.9 Å². The quantitative estimate of drug-likeness (QED) is 0.189. The molecule has 2 aliphatic heterocycles. The number of amides is 3. The monoisotopic (exact) mass is 603 g/mol. The summed E-state index contributed by atoms with van der Waals surface area (Å²) in [5.74, 6) is -2.31. The highest BCUT2D eigenvalue weighted by Gasteiger charge is 2.57. The molecule has 1 N–H and O–H groups in total. The van der Waals surface area contributed by atoms with Gasteiger partial charge in [0.1, 0.15) is 17.5 Å². The minimum absolute atomic E-state index is 0.169. The molecule has 3 atom stereocenters. The molecule has 212 valence electrons. The lowest BCUT2D eigenvalue weighted by Crippen LogP contribution is -2.33. The van der Waals surface area contributed by atoms with Crippen molar-refractivity contribution in [2.24, 2.45) is 5.92 Å². The lowest BCUT2D eigenvalue weighted by atomic mass is 9.84. The van der Waals surface area contributed by atoms with Crippen molar-refractivity contribution in [3.8, 4) is 5.75 Å². The Bertz CT molecular complexity index is 1770. The van der Waals surface area contributed by atoms with Crippen LogP contribution in [-0.4, -0.2) is 44.6 Å². The molecular formula is C28H21N5O7S2. The second-order valence-corrected chi connectivity index (χ2v) is 11.6. The molecule has 1 fully saturated rings. The van der Waals surface area contributed by atoms with Crippen LogP contribution >= 0.6 is 23.1 Å². The number of methoxy groups -OCH3 is 1. The number of anilines is 2. The normalized spacial score (nSPS) is 19.3. The van der Waals surface area contributed by atoms with Crippen LogP contribution in [0.4, 0.5) is 17.1 Å². The number of hydrogen-bond donors (Lipinski definition) is 1. The minimum atomic E-state index is -0.893. The second kappa shape index (κ2) is 10.9. The SMILES string of the molecule is COc1ccc(NC(=O)Cn2c3c(sc2=O)[C@H](c2cccnc2)C2C(=O)N(c4ccc([N+](=O)[O-])cc4)C(=O)C2S3)cc1. The van der Waals surface area contributed by atoms with Crippen molar-refractivity contribution in [1.29, 1.82) is 0 Å². The first-order valence-corrected chi connectivity index (χ1v) is 14.3. The highest BCUT2D eigenvalue weighted by Crippen LogP contribution is 2.53. The van der Waals surface area contributed by atoms with Gasteiger partial charge in [0, 0.05) is 41.0 Å². The maximum atomic E-state index is 13.9. The highest BCUT2D eigenvalue weighted by molar-refractivity contribution is 8.00. The number of carbonyl (C=O) groups is 3. The first-order valence-electron chi connectivity index (χ1n) is 12.6. The standard InChI is InChI=1S/C28H21N5O7S2/c1-40-19-10-4-16(5-11-19)30-20(34)14-31-27-24(42-28(31)37)21(15-3-2-12-29-13-15)22-23(41-27)26(36)32(25(22)35)17-6-8-18(9-7-17)33(38)39/h2-13,21-23H,14H2,1H3,(H,30,34)/t21-,22?,23?/m1/s1. The molecule has 0 bridgehead atoms. The Morgan fingerprint density at radius 1 is 1.07 bits per heavy atom. The van der Waals surface area contributed by atoms with Gasteiger partial charge in [-0.1, -0.05) is 29.2 Å². The number of nitrogens with zero attached hydrogens (tertiary/aromatic N) is 4. The summed E-state index contributed by atoms with van der Waals surface area (Å²) in [5.41, 5.74) is 1.22. The second-order valence-electron chi connectivity index (χ2n) is 9.51. The van der Waals surface area contributed by atoms with E-state index >= 15 is 0 Å². The largest absolute Gasteiger partial charge is 0.497 e. The number of thiazole rings is 1. The van der Waals surface area contributed by atoms with E-state index in [4.69, 9.17) is 4.74 Å². The third-order valence-corrected chi connectivity index (χ3v) is 9.69. The van der Waals surface area contributed by atoms with E-state index in [1.807, 2.05) is 0 Å². The first-order chi connectivity index (χ1) is 20.3. The maximum absolute atomic E-state index is 13.9. The van der Waals surface area contributed by atoms with Crippen LogP contribution in [0.2, 0.25) is 0 Å². The van der Waals surface area contributed by atoms with Gasteiger partial charge in [-0.25, -0.2) is 4.90 Å². The van der Waals surface area contributed by atoms with Gasteiger partial charge < -0.3 is 10.1 Å². The average molecular weight is 604 g/mol. The van der Waals surface area contributed by atoms with E-state index < -0.39 is 44.6 Å². The summed E-state index contributed by atoms with van der Waals surface area (Å²) in [6.45, 7) is -0.297. The smallest absolute Gasteiger partial charge is 0.308 e. The van der Waals surface area contributed by atoms with E-state index in [-0.39, 0.29) is 17.9 Å². The zero-order valence-electron chi connectivity index (χ0n) is 21.8. The van der Waals surface area contributed by atoms with E-state index in [1.54, 1.807) is 48.8 Å². The molecule has 6 rings (SSSR count). The molecule has 4 aromatic rings. The lowest BCUT2D eigenvalue weighted by Gasteiger charge is -2.30. The molecule has 3 amide bonds. The fraction of sp³-hybridized carbons (Fsp3) is 0.179. The van der Waals surface area contributed by atoms with Crippen LogP contribution in [0.5, 0.6) is 5.75 Å². The molecule has 0 saturated carbocycles. The molecule has 0 radical (unpaired) electrons. The number of imide groups is 1. The van der Waals surface area contributed by atoms with E-state index in [2.05, 4.69) is 10.3 Å². The summed E-state index contributed by atoms with van der Waals surface area (Å²) in [7, 11) is 1.54. The van der Waals surface area contributed by atoms with Crippen LogP contribution in [0.1, 0.15) is 16.4 Å². The van der Waals surface area contributed by atoms with Gasteiger partial charge in [0.15, 0.2) is 0 Å². The number of non-ortho nitro benzene ring substituents is 1. The number of rotatable bonds is 7. The number of carbonyl (C=O) groups excluding carboxylic acids is 3. The Balaban J connectivity index is 1.36. The van der Waals surface area contributed by atoms with E-state index in [9.17, 15) is 29.3 Å². The molecular weight excluding hydrogens is 582 g/mol. The topological polar surface area (TPSA) is 154 Å². The molecule has 4 heterocycles. The third kappa shape index (κ3) is 4.73. The van der Waals surface area contributed by atoms with Gasteiger partial charge in [0.25, 0.3) is 5.69 Å². The number of nitrogens with one attached hydrogen (secondary N) is 1. The van der Waals surface area contributed by atoms with Crippen LogP contribution in [-0.2, 0) is 20.9 Å². The zero-order valence-corrected chi connectivity index (χ0v) is 23.5. The van der Waals surface area contributed by atoms with Crippen molar-refractivity contribution in [2.45, 2.75) is 22.7 Å². The number of pyridine rings is 1. The summed E-state index contributed by atoms with van der Waals surface area (Å²) in [5, 5.41) is 13.4. The van der Waals surface area contributed by atoms with Crippen molar-refractivity contribution >= 4 is 57.9 Å². The number of aromatic nitrogens is 2. The molecule has 2 aliphatic rings.